The van der Waals surface area contributed by atoms with Crippen molar-refractivity contribution in [2.45, 2.75) is 62.9 Å². The number of anilines is 1. The average molecular weight is 460 g/mol. The topological polar surface area (TPSA) is 52.7 Å². The highest BCUT2D eigenvalue weighted by Gasteiger charge is 2.56. The number of nitrogens with one attached hydrogen (secondary N) is 1. The molecule has 5 nitrogen and oxygen atoms in total. The van der Waals surface area contributed by atoms with Crippen LogP contribution < -0.4 is 10.2 Å². The largest absolute Gasteiger partial charge is 0.378 e. The highest BCUT2D eigenvalue weighted by molar-refractivity contribution is 5.95. The van der Waals surface area contributed by atoms with Gasteiger partial charge in [0.25, 0.3) is 5.91 Å². The minimum Gasteiger partial charge on any atom is -0.378 e. The highest BCUT2D eigenvalue weighted by Crippen LogP contribution is 2.52. The summed E-state index contributed by atoms with van der Waals surface area (Å²) in [5.41, 5.74) is 3.04. The number of hydrogen-bond acceptors (Lipinski definition) is 3. The molecule has 4 atom stereocenters. The molecule has 2 amide bonds. The van der Waals surface area contributed by atoms with Crippen LogP contribution in [0.15, 0.2) is 54.6 Å². The molecule has 1 N–H and O–H groups in total. The Morgan fingerprint density at radius 2 is 1.88 bits per heavy atom. The van der Waals surface area contributed by atoms with Gasteiger partial charge >= 0.3 is 0 Å². The normalized spacial score (nSPS) is 28.6. The third-order valence-electron chi connectivity index (χ3n) is 8.60. The molecule has 0 bridgehead atoms. The molecule has 34 heavy (non-hydrogen) atoms. The van der Waals surface area contributed by atoms with Crippen LogP contribution in [0.25, 0.3) is 0 Å². The third kappa shape index (κ3) is 4.21. The van der Waals surface area contributed by atoms with Crippen LogP contribution in [0.1, 0.15) is 60.9 Å². The van der Waals surface area contributed by atoms with Crippen molar-refractivity contribution in [1.29, 1.82) is 0 Å². The van der Waals surface area contributed by atoms with Crippen LogP contribution >= 0.6 is 0 Å². The van der Waals surface area contributed by atoms with Crippen LogP contribution in [-0.4, -0.2) is 48.9 Å². The van der Waals surface area contributed by atoms with Crippen molar-refractivity contribution in [3.05, 3.63) is 65.7 Å². The van der Waals surface area contributed by atoms with E-state index in [9.17, 15) is 9.59 Å². The lowest BCUT2D eigenvalue weighted by Crippen LogP contribution is -2.60. The molecule has 2 aromatic rings. The lowest BCUT2D eigenvalue weighted by atomic mass is 9.61. The van der Waals surface area contributed by atoms with Crippen LogP contribution in [0.4, 0.5) is 5.69 Å². The molecule has 2 aliphatic heterocycles. The summed E-state index contributed by atoms with van der Waals surface area (Å²) in [5.74, 6) is 1.11. The Morgan fingerprint density at radius 3 is 2.68 bits per heavy atom. The molecule has 2 saturated heterocycles. The standard InChI is InChI=1S/C29H37N3O2/c1-31(2)23-12-6-11-22(20-23)28(34)30-26-15-17-29-16-8-18-32(29)27(33)14-7-13-25(29)24(26)19-21-9-4-3-5-10-21/h3-6,9-12,20,24-26H,7-8,13-19H2,1-2H3,(H,30,34)/t24-,25+,26+,29-/m1/s1. The van der Waals surface area contributed by atoms with Gasteiger partial charge in [0.1, 0.15) is 0 Å². The van der Waals surface area contributed by atoms with Crippen molar-refractivity contribution in [2.75, 3.05) is 25.5 Å². The smallest absolute Gasteiger partial charge is 0.251 e. The van der Waals surface area contributed by atoms with Crippen LogP contribution in [0.5, 0.6) is 0 Å². The van der Waals surface area contributed by atoms with Crippen molar-refractivity contribution in [2.24, 2.45) is 11.8 Å². The first kappa shape index (κ1) is 22.9. The lowest BCUT2D eigenvalue weighted by Gasteiger charge is -2.53. The van der Waals surface area contributed by atoms with E-state index in [0.717, 1.165) is 57.2 Å². The van der Waals surface area contributed by atoms with Crippen molar-refractivity contribution in [1.82, 2.24) is 10.2 Å². The maximum absolute atomic E-state index is 13.4. The van der Waals surface area contributed by atoms with Crippen LogP contribution in [0, 0.1) is 11.8 Å². The molecular formula is C29H37N3O2. The molecule has 5 heteroatoms. The van der Waals surface area contributed by atoms with Gasteiger partial charge in [-0.1, -0.05) is 36.4 Å². The molecule has 180 valence electrons. The van der Waals surface area contributed by atoms with Crippen molar-refractivity contribution in [3.63, 3.8) is 0 Å². The SMILES string of the molecule is CN(C)c1cccc(C(=O)N[C@H]2CC[C@@]34CCCN3C(=O)CCC[C@H]4[C@H]2Cc2ccccc2)c1. The first-order valence-corrected chi connectivity index (χ1v) is 12.9. The van der Waals surface area contributed by atoms with E-state index < -0.39 is 0 Å². The van der Waals surface area contributed by atoms with Gasteiger partial charge in [-0.05, 0) is 80.5 Å². The summed E-state index contributed by atoms with van der Waals surface area (Å²) in [5, 5.41) is 3.45. The Labute approximate surface area is 203 Å². The van der Waals surface area contributed by atoms with E-state index in [-0.39, 0.29) is 17.5 Å². The van der Waals surface area contributed by atoms with Crippen molar-refractivity contribution >= 4 is 17.5 Å². The summed E-state index contributed by atoms with van der Waals surface area (Å²) in [7, 11) is 3.99. The minimum atomic E-state index is -0.0148. The number of hydrogen-bond donors (Lipinski definition) is 1. The Hall–Kier alpha value is -2.82. The molecule has 5 rings (SSSR count). The second-order valence-electron chi connectivity index (χ2n) is 10.7. The first-order valence-electron chi connectivity index (χ1n) is 12.9. The van der Waals surface area contributed by atoms with Gasteiger partial charge in [-0.2, -0.15) is 0 Å². The van der Waals surface area contributed by atoms with Gasteiger partial charge in [0.05, 0.1) is 0 Å². The fourth-order valence-electron chi connectivity index (χ4n) is 7.02. The molecule has 1 spiro atoms. The molecule has 3 fully saturated rings. The number of amides is 2. The summed E-state index contributed by atoms with van der Waals surface area (Å²) in [6.45, 7) is 0.905. The summed E-state index contributed by atoms with van der Waals surface area (Å²) < 4.78 is 0. The third-order valence-corrected chi connectivity index (χ3v) is 8.60. The molecule has 3 aliphatic rings. The monoisotopic (exact) mass is 459 g/mol. The van der Waals surface area contributed by atoms with E-state index in [4.69, 9.17) is 0 Å². The van der Waals surface area contributed by atoms with Crippen LogP contribution in [-0.2, 0) is 11.2 Å². The second-order valence-corrected chi connectivity index (χ2v) is 10.7. The van der Waals surface area contributed by atoms with E-state index >= 15 is 0 Å². The van der Waals surface area contributed by atoms with Crippen LogP contribution in [0.2, 0.25) is 0 Å². The maximum atomic E-state index is 13.4. The summed E-state index contributed by atoms with van der Waals surface area (Å²) >= 11 is 0. The molecule has 0 unspecified atom stereocenters. The van der Waals surface area contributed by atoms with Gasteiger partial charge in [-0.15, -0.1) is 0 Å². The van der Waals surface area contributed by atoms with Crippen molar-refractivity contribution in [3.8, 4) is 0 Å². The zero-order valence-corrected chi connectivity index (χ0v) is 20.5. The number of nitrogens with zero attached hydrogens (tertiary/aromatic N) is 2. The van der Waals surface area contributed by atoms with Crippen molar-refractivity contribution < 1.29 is 9.59 Å². The molecule has 2 aromatic carbocycles. The average Bonchev–Trinajstić information content (AvgIpc) is 3.21. The van der Waals surface area contributed by atoms with Gasteiger partial charge in [0.2, 0.25) is 5.91 Å². The molecular weight excluding hydrogens is 422 g/mol. The van der Waals surface area contributed by atoms with Gasteiger partial charge in [0.15, 0.2) is 0 Å². The predicted octanol–water partition coefficient (Wildman–Crippen LogP) is 4.67. The Kier molecular flexibility index (Phi) is 6.37. The number of carbonyl (C=O) groups excluding carboxylic acids is 2. The Morgan fingerprint density at radius 1 is 1.06 bits per heavy atom. The van der Waals surface area contributed by atoms with E-state index in [2.05, 4.69) is 40.5 Å². The molecule has 0 aromatic heterocycles. The lowest BCUT2D eigenvalue weighted by molar-refractivity contribution is -0.138. The van der Waals surface area contributed by atoms with Crippen LogP contribution in [0.3, 0.4) is 0 Å². The zero-order chi connectivity index (χ0) is 23.7. The van der Waals surface area contributed by atoms with E-state index in [1.165, 1.54) is 5.56 Å². The number of rotatable bonds is 5. The van der Waals surface area contributed by atoms with Gasteiger partial charge < -0.3 is 15.1 Å². The Balaban J connectivity index is 1.45. The maximum Gasteiger partial charge on any atom is 0.251 e. The molecule has 0 radical (unpaired) electrons. The number of carbonyl (C=O) groups is 2. The molecule has 1 saturated carbocycles. The Bertz CT molecular complexity index is 1040. The fraction of sp³-hybridized carbons (Fsp3) is 0.517. The molecule has 1 aliphatic carbocycles. The number of benzene rings is 2. The van der Waals surface area contributed by atoms with E-state index in [0.29, 0.717) is 29.7 Å². The minimum absolute atomic E-state index is 0.00990. The van der Waals surface area contributed by atoms with E-state index in [1.807, 2.05) is 43.3 Å². The first-order chi connectivity index (χ1) is 16.5. The highest BCUT2D eigenvalue weighted by atomic mass is 16.2. The molecule has 2 heterocycles. The summed E-state index contributed by atoms with van der Waals surface area (Å²) in [6, 6.07) is 18.6. The van der Waals surface area contributed by atoms with Gasteiger partial charge in [-0.3, -0.25) is 9.59 Å². The zero-order valence-electron chi connectivity index (χ0n) is 20.5. The fourth-order valence-corrected chi connectivity index (χ4v) is 7.02. The van der Waals surface area contributed by atoms with Gasteiger partial charge in [-0.25, -0.2) is 0 Å². The quantitative estimate of drug-likeness (QED) is 0.707. The van der Waals surface area contributed by atoms with E-state index in [1.54, 1.807) is 0 Å². The van der Waals surface area contributed by atoms with Gasteiger partial charge in [0, 0.05) is 49.9 Å². The predicted molar refractivity (Wildman–Crippen MR) is 136 cm³/mol. The second kappa shape index (κ2) is 9.44. The summed E-state index contributed by atoms with van der Waals surface area (Å²) in [4.78, 5) is 30.7. The summed E-state index contributed by atoms with van der Waals surface area (Å²) in [6.07, 6.45) is 7.78.